The van der Waals surface area contributed by atoms with Crippen LogP contribution in [0, 0.1) is 0 Å². The van der Waals surface area contributed by atoms with E-state index >= 15 is 0 Å². The lowest BCUT2D eigenvalue weighted by Gasteiger charge is -2.39. The topological polar surface area (TPSA) is 146 Å². The second-order valence-electron chi connectivity index (χ2n) is 8.28. The van der Waals surface area contributed by atoms with Gasteiger partial charge in [0.15, 0.2) is 12.2 Å². The zero-order chi connectivity index (χ0) is 26.0. The number of carbonyl (C=O) groups is 3. The number of nitrogens with zero attached hydrogens (tertiary/aromatic N) is 2. The van der Waals surface area contributed by atoms with Gasteiger partial charge in [0.05, 0.1) is 10.9 Å². The first-order valence-electron chi connectivity index (χ1n) is 11.2. The third kappa shape index (κ3) is 4.91. The smallest absolute Gasteiger partial charge is 0.303 e. The molecule has 11 nitrogen and oxygen atoms in total. The lowest BCUT2D eigenvalue weighted by Crippen LogP contribution is -2.53. The van der Waals surface area contributed by atoms with Crippen LogP contribution < -0.4 is 10.9 Å². The van der Waals surface area contributed by atoms with Crippen LogP contribution in [0.25, 0.3) is 22.3 Å². The average molecular weight is 495 g/mol. The first kappa shape index (κ1) is 24.9. The van der Waals surface area contributed by atoms with Crippen LogP contribution in [0.2, 0.25) is 0 Å². The molecule has 2 aromatic carbocycles. The summed E-state index contributed by atoms with van der Waals surface area (Å²) in [6.45, 7) is 2.89. The molecule has 2 N–H and O–H groups in total. The van der Waals surface area contributed by atoms with Crippen LogP contribution in [0.3, 0.4) is 0 Å². The Hall–Kier alpha value is -4.25. The summed E-state index contributed by atoms with van der Waals surface area (Å²) < 4.78 is 17.1. The van der Waals surface area contributed by atoms with E-state index in [1.54, 1.807) is 48.5 Å². The van der Waals surface area contributed by atoms with E-state index in [0.717, 1.165) is 20.8 Å². The summed E-state index contributed by atoms with van der Waals surface area (Å²) in [4.78, 5) is 53.9. The monoisotopic (exact) mass is 495 g/mol. The van der Waals surface area contributed by atoms with Crippen molar-refractivity contribution in [3.63, 3.8) is 0 Å². The molecular weight excluding hydrogens is 470 g/mol. The molecule has 0 amide bonds. The molecule has 1 aromatic heterocycles. The molecule has 1 aliphatic heterocycles. The van der Waals surface area contributed by atoms with Crippen LogP contribution in [0.15, 0.2) is 53.3 Å². The van der Waals surface area contributed by atoms with Gasteiger partial charge >= 0.3 is 17.9 Å². The highest BCUT2D eigenvalue weighted by Gasteiger charge is 2.44. The van der Waals surface area contributed by atoms with Gasteiger partial charge < -0.3 is 24.6 Å². The number of para-hydroxylation sites is 2. The highest BCUT2D eigenvalue weighted by atomic mass is 16.6. The number of benzene rings is 2. The summed E-state index contributed by atoms with van der Waals surface area (Å²) in [5.74, 6) is -1.90. The number of hydrogen-bond acceptors (Lipinski definition) is 10. The molecule has 3 aromatic rings. The van der Waals surface area contributed by atoms with Gasteiger partial charge in [-0.05, 0) is 24.3 Å². The van der Waals surface area contributed by atoms with Gasteiger partial charge in [-0.1, -0.05) is 24.3 Å². The quantitative estimate of drug-likeness (QED) is 0.367. The number of hydrogen-bond donors (Lipinski definition) is 2. The first-order chi connectivity index (χ1) is 17.2. The average Bonchev–Trinajstić information content (AvgIpc) is 2.84. The van der Waals surface area contributed by atoms with Crippen molar-refractivity contribution in [1.29, 1.82) is 0 Å². The molecule has 11 heteroatoms. The molecule has 0 aliphatic carbocycles. The van der Waals surface area contributed by atoms with E-state index in [0.29, 0.717) is 28.0 Å². The lowest BCUT2D eigenvalue weighted by molar-refractivity contribution is -0.183. The Morgan fingerprint density at radius 3 is 2.36 bits per heavy atom. The van der Waals surface area contributed by atoms with Crippen molar-refractivity contribution in [2.75, 3.05) is 11.9 Å². The predicted octanol–water partition coefficient (Wildman–Crippen LogP) is 1.77. The van der Waals surface area contributed by atoms with Crippen LogP contribution >= 0.6 is 0 Å². The van der Waals surface area contributed by atoms with E-state index in [9.17, 15) is 24.3 Å². The largest absolute Gasteiger partial charge is 0.463 e. The second-order valence-corrected chi connectivity index (χ2v) is 8.28. The zero-order valence-electron chi connectivity index (χ0n) is 19.8. The summed E-state index contributed by atoms with van der Waals surface area (Å²) >= 11 is 0. The van der Waals surface area contributed by atoms with E-state index < -0.39 is 54.6 Å². The van der Waals surface area contributed by atoms with E-state index in [-0.39, 0.29) is 0 Å². The molecule has 188 valence electrons. The Kier molecular flexibility index (Phi) is 7.02. The van der Waals surface area contributed by atoms with Crippen LogP contribution in [0.1, 0.15) is 26.9 Å². The molecule has 0 saturated carbocycles. The predicted molar refractivity (Wildman–Crippen MR) is 128 cm³/mol. The van der Waals surface area contributed by atoms with Gasteiger partial charge in [-0.2, -0.15) is 0 Å². The summed E-state index contributed by atoms with van der Waals surface area (Å²) in [6, 6.07) is 13.9. The van der Waals surface area contributed by atoms with Crippen molar-refractivity contribution in [3.05, 3.63) is 58.9 Å². The highest BCUT2D eigenvalue weighted by molar-refractivity contribution is 5.83. The molecule has 0 spiro atoms. The van der Waals surface area contributed by atoms with Gasteiger partial charge in [-0.15, -0.1) is 0 Å². The van der Waals surface area contributed by atoms with E-state index in [1.807, 2.05) is 0 Å². The molecule has 36 heavy (non-hydrogen) atoms. The fraction of sp³-hybridized carbons (Fsp3) is 0.320. The van der Waals surface area contributed by atoms with Crippen LogP contribution in [0.5, 0.6) is 0 Å². The lowest BCUT2D eigenvalue weighted by atomic mass is 10.0. The van der Waals surface area contributed by atoms with E-state index in [4.69, 9.17) is 19.2 Å². The van der Waals surface area contributed by atoms with Gasteiger partial charge in [-0.3, -0.25) is 23.7 Å². The number of nitrogens with one attached hydrogen (secondary N) is 1. The SMILES string of the molecule is CC(=O)OC[C@H](O)[C@H](OC(C)=O)[C@@H](OC(C)=O)[C@H]1Nc2ccccc2-c2nc3ccccc3c(=O)n21. The highest BCUT2D eigenvalue weighted by Crippen LogP contribution is 2.37. The third-order valence-corrected chi connectivity index (χ3v) is 5.63. The number of carbonyl (C=O) groups excluding carboxylic acids is 3. The van der Waals surface area contributed by atoms with Crippen LogP contribution in [-0.4, -0.2) is 57.5 Å². The molecule has 1 aliphatic rings. The number of aliphatic hydroxyl groups excluding tert-OH is 1. The minimum absolute atomic E-state index is 0.297. The number of esters is 3. The molecular formula is C25H25N3O8. The Morgan fingerprint density at radius 2 is 1.67 bits per heavy atom. The number of rotatable bonds is 7. The van der Waals surface area contributed by atoms with Crippen molar-refractivity contribution in [1.82, 2.24) is 9.55 Å². The maximum absolute atomic E-state index is 13.7. The van der Waals surface area contributed by atoms with Gasteiger partial charge in [0.25, 0.3) is 5.56 Å². The summed E-state index contributed by atoms with van der Waals surface area (Å²) in [6.07, 6.45) is -5.63. The number of aliphatic hydroxyl groups is 1. The summed E-state index contributed by atoms with van der Waals surface area (Å²) in [7, 11) is 0. The van der Waals surface area contributed by atoms with Crippen LogP contribution in [-0.2, 0) is 28.6 Å². The number of ether oxygens (including phenoxy) is 3. The Morgan fingerprint density at radius 1 is 1.00 bits per heavy atom. The molecule has 0 radical (unpaired) electrons. The molecule has 2 heterocycles. The van der Waals surface area contributed by atoms with E-state index in [1.165, 1.54) is 4.57 Å². The summed E-state index contributed by atoms with van der Waals surface area (Å²) in [5.41, 5.74) is 1.25. The Bertz CT molecular complexity index is 1390. The van der Waals surface area contributed by atoms with Crippen molar-refractivity contribution >= 4 is 34.5 Å². The Labute approximate surface area is 205 Å². The van der Waals surface area contributed by atoms with Crippen molar-refractivity contribution in [2.45, 2.75) is 45.2 Å². The van der Waals surface area contributed by atoms with Crippen molar-refractivity contribution < 1.29 is 33.7 Å². The molecule has 0 bridgehead atoms. The fourth-order valence-electron chi connectivity index (χ4n) is 4.21. The van der Waals surface area contributed by atoms with Crippen LogP contribution in [0.4, 0.5) is 5.69 Å². The number of anilines is 1. The third-order valence-electron chi connectivity index (χ3n) is 5.63. The van der Waals surface area contributed by atoms with E-state index in [2.05, 4.69) is 5.32 Å². The number of fused-ring (bicyclic) bond motifs is 4. The first-order valence-corrected chi connectivity index (χ1v) is 11.2. The minimum Gasteiger partial charge on any atom is -0.463 e. The minimum atomic E-state index is -1.58. The fourth-order valence-corrected chi connectivity index (χ4v) is 4.21. The van der Waals surface area contributed by atoms with Crippen molar-refractivity contribution in [2.24, 2.45) is 0 Å². The normalized spacial score (nSPS) is 16.5. The standard InChI is InChI=1S/C25H25N3O8/c1-13(29)34-12-20(32)21(35-14(2)30)22(36-15(3)31)24-27-18-10-6-4-8-16(18)23-26-19-11-7-5-9-17(19)25(33)28(23)24/h4-11,20-22,24,27,32H,12H2,1-3H3/t20-,21-,22+,24-/m0/s1. The van der Waals surface area contributed by atoms with Gasteiger partial charge in [-0.25, -0.2) is 4.98 Å². The molecule has 0 saturated heterocycles. The van der Waals surface area contributed by atoms with Gasteiger partial charge in [0, 0.05) is 32.0 Å². The number of aromatic nitrogens is 2. The zero-order valence-corrected chi connectivity index (χ0v) is 19.8. The molecule has 4 rings (SSSR count). The van der Waals surface area contributed by atoms with Crippen molar-refractivity contribution in [3.8, 4) is 11.4 Å². The maximum atomic E-state index is 13.7. The Balaban J connectivity index is 1.92. The molecule has 0 fully saturated rings. The molecule has 0 unspecified atom stereocenters. The van der Waals surface area contributed by atoms with Gasteiger partial charge in [0.1, 0.15) is 24.7 Å². The summed E-state index contributed by atoms with van der Waals surface area (Å²) in [5, 5.41) is 14.3. The van der Waals surface area contributed by atoms with Gasteiger partial charge in [0.2, 0.25) is 0 Å². The second kappa shape index (κ2) is 10.2. The molecule has 4 atom stereocenters. The maximum Gasteiger partial charge on any atom is 0.303 e.